The first-order valence-electron chi connectivity index (χ1n) is 9.50. The van der Waals surface area contributed by atoms with Gasteiger partial charge in [0.2, 0.25) is 0 Å². The Kier molecular flexibility index (Phi) is 5.56. The van der Waals surface area contributed by atoms with Crippen molar-refractivity contribution in [3.05, 3.63) is 73.4 Å². The summed E-state index contributed by atoms with van der Waals surface area (Å²) < 4.78 is 1.69. The molecular formula is C21H21N3O3S2. The SMILES string of the molecule is C=CCn1c(SCc2ccc([N+](=O)[O-])cc2)nc2sc3c(c2c1=O)CCC(C)C3. The summed E-state index contributed by atoms with van der Waals surface area (Å²) in [6.07, 6.45) is 4.78. The molecule has 0 radical (unpaired) electrons. The number of nitro benzene ring substituents is 1. The van der Waals surface area contributed by atoms with Crippen LogP contribution >= 0.6 is 23.1 Å². The summed E-state index contributed by atoms with van der Waals surface area (Å²) in [6, 6.07) is 6.48. The molecule has 4 rings (SSSR count). The second kappa shape index (κ2) is 8.12. The number of nitro groups is 1. The Morgan fingerprint density at radius 1 is 1.41 bits per heavy atom. The van der Waals surface area contributed by atoms with E-state index >= 15 is 0 Å². The number of hydrogen-bond acceptors (Lipinski definition) is 6. The molecule has 1 aliphatic rings. The third-order valence-corrected chi connectivity index (χ3v) is 7.40. The number of non-ortho nitro benzene ring substituents is 1. The van der Waals surface area contributed by atoms with Crippen LogP contribution in [0.5, 0.6) is 0 Å². The van der Waals surface area contributed by atoms with E-state index in [0.29, 0.717) is 23.4 Å². The van der Waals surface area contributed by atoms with Crippen molar-refractivity contribution >= 4 is 39.0 Å². The monoisotopic (exact) mass is 427 g/mol. The van der Waals surface area contributed by atoms with Crippen LogP contribution in [0.3, 0.4) is 0 Å². The van der Waals surface area contributed by atoms with Crippen molar-refractivity contribution in [1.29, 1.82) is 0 Å². The third-order valence-electron chi connectivity index (χ3n) is 5.21. The van der Waals surface area contributed by atoms with Crippen molar-refractivity contribution in [1.82, 2.24) is 9.55 Å². The van der Waals surface area contributed by atoms with Crippen LogP contribution in [0.25, 0.3) is 10.2 Å². The minimum atomic E-state index is -0.409. The Balaban J connectivity index is 1.69. The Morgan fingerprint density at radius 2 is 2.17 bits per heavy atom. The van der Waals surface area contributed by atoms with Gasteiger partial charge in [0.1, 0.15) is 4.83 Å². The number of benzene rings is 1. The molecule has 1 aromatic carbocycles. The lowest BCUT2D eigenvalue weighted by Gasteiger charge is -2.17. The molecule has 29 heavy (non-hydrogen) atoms. The number of aryl methyl sites for hydroxylation is 1. The number of thiophene rings is 1. The number of aromatic nitrogens is 2. The topological polar surface area (TPSA) is 78.0 Å². The predicted molar refractivity (Wildman–Crippen MR) is 118 cm³/mol. The van der Waals surface area contributed by atoms with Crippen LogP contribution in [0.4, 0.5) is 5.69 Å². The molecule has 0 N–H and O–H groups in total. The van der Waals surface area contributed by atoms with Crippen LogP contribution in [-0.4, -0.2) is 14.5 Å². The van der Waals surface area contributed by atoms with Crippen LogP contribution in [0.2, 0.25) is 0 Å². The Labute approximate surface area is 176 Å². The first-order chi connectivity index (χ1) is 14.0. The predicted octanol–water partition coefficient (Wildman–Crippen LogP) is 4.97. The lowest BCUT2D eigenvalue weighted by molar-refractivity contribution is -0.384. The van der Waals surface area contributed by atoms with Crippen LogP contribution in [0.15, 0.2) is 46.9 Å². The van der Waals surface area contributed by atoms with E-state index in [2.05, 4.69) is 13.5 Å². The summed E-state index contributed by atoms with van der Waals surface area (Å²) in [5.74, 6) is 1.22. The van der Waals surface area contributed by atoms with Gasteiger partial charge in [-0.05, 0) is 36.3 Å². The number of allylic oxidation sites excluding steroid dienone is 1. The molecule has 8 heteroatoms. The molecule has 0 amide bonds. The average molecular weight is 428 g/mol. The van der Waals surface area contributed by atoms with E-state index in [9.17, 15) is 14.9 Å². The summed E-state index contributed by atoms with van der Waals surface area (Å²) in [5.41, 5.74) is 2.21. The van der Waals surface area contributed by atoms with Crippen LogP contribution < -0.4 is 5.56 Å². The fraction of sp³-hybridized carbons (Fsp3) is 0.333. The van der Waals surface area contributed by atoms with E-state index < -0.39 is 4.92 Å². The van der Waals surface area contributed by atoms with Gasteiger partial charge in [0, 0.05) is 29.3 Å². The van der Waals surface area contributed by atoms with E-state index in [4.69, 9.17) is 4.98 Å². The van der Waals surface area contributed by atoms with Gasteiger partial charge in [0.25, 0.3) is 11.2 Å². The summed E-state index contributed by atoms with van der Waals surface area (Å²) >= 11 is 3.12. The quantitative estimate of drug-likeness (QED) is 0.182. The lowest BCUT2D eigenvalue weighted by Crippen LogP contribution is -2.23. The Hall–Kier alpha value is -2.45. The van der Waals surface area contributed by atoms with Crippen molar-refractivity contribution in [2.24, 2.45) is 5.92 Å². The van der Waals surface area contributed by atoms with Gasteiger partial charge in [-0.1, -0.05) is 36.9 Å². The first-order valence-corrected chi connectivity index (χ1v) is 11.3. The largest absolute Gasteiger partial charge is 0.283 e. The van der Waals surface area contributed by atoms with E-state index in [1.54, 1.807) is 34.1 Å². The maximum atomic E-state index is 13.3. The minimum absolute atomic E-state index is 0.00755. The summed E-state index contributed by atoms with van der Waals surface area (Å²) in [6.45, 7) is 6.45. The van der Waals surface area contributed by atoms with Gasteiger partial charge in [0.05, 0.1) is 10.3 Å². The number of fused-ring (bicyclic) bond motifs is 3. The third kappa shape index (κ3) is 3.86. The zero-order valence-electron chi connectivity index (χ0n) is 16.1. The molecule has 0 aliphatic heterocycles. The molecule has 3 aromatic rings. The van der Waals surface area contributed by atoms with Crippen LogP contribution in [-0.2, 0) is 25.1 Å². The maximum Gasteiger partial charge on any atom is 0.269 e. The standard InChI is InChI=1S/C21H21N3O3S2/c1-3-10-23-20(25)18-16-9-4-13(2)11-17(16)29-19(18)22-21(23)28-12-14-5-7-15(8-6-14)24(26)27/h3,5-8,13H,1,4,9-12H2,2H3. The molecule has 1 aliphatic carbocycles. The highest BCUT2D eigenvalue weighted by Crippen LogP contribution is 2.36. The number of thioether (sulfide) groups is 1. The van der Waals surface area contributed by atoms with E-state index in [1.807, 2.05) is 0 Å². The van der Waals surface area contributed by atoms with Gasteiger partial charge >= 0.3 is 0 Å². The van der Waals surface area contributed by atoms with Gasteiger partial charge in [-0.15, -0.1) is 17.9 Å². The fourth-order valence-electron chi connectivity index (χ4n) is 3.67. The molecule has 1 atom stereocenters. The molecule has 6 nitrogen and oxygen atoms in total. The van der Waals surface area contributed by atoms with Crippen LogP contribution in [0, 0.1) is 16.0 Å². The highest BCUT2D eigenvalue weighted by molar-refractivity contribution is 7.98. The summed E-state index contributed by atoms with van der Waals surface area (Å²) in [4.78, 5) is 30.6. The first kappa shape index (κ1) is 19.8. The molecule has 2 aromatic heterocycles. The van der Waals surface area contributed by atoms with Crippen molar-refractivity contribution in [3.63, 3.8) is 0 Å². The minimum Gasteiger partial charge on any atom is -0.283 e. The molecule has 0 bridgehead atoms. The highest BCUT2D eigenvalue weighted by atomic mass is 32.2. The maximum absolute atomic E-state index is 13.3. The van der Waals surface area contributed by atoms with E-state index in [1.165, 1.54) is 34.3 Å². The van der Waals surface area contributed by atoms with E-state index in [-0.39, 0.29) is 11.2 Å². The average Bonchev–Trinajstić information content (AvgIpc) is 3.06. The zero-order valence-corrected chi connectivity index (χ0v) is 17.7. The Morgan fingerprint density at radius 3 is 2.86 bits per heavy atom. The fourth-order valence-corrected chi connectivity index (χ4v) is 6.06. The number of hydrogen-bond donors (Lipinski definition) is 0. The van der Waals surface area contributed by atoms with Crippen molar-refractivity contribution < 1.29 is 4.92 Å². The smallest absolute Gasteiger partial charge is 0.269 e. The molecular weight excluding hydrogens is 406 g/mol. The second-order valence-corrected chi connectivity index (χ2v) is 9.37. The normalized spacial score (nSPS) is 16.0. The van der Waals surface area contributed by atoms with Gasteiger partial charge in [-0.3, -0.25) is 19.5 Å². The van der Waals surface area contributed by atoms with Gasteiger partial charge < -0.3 is 0 Å². The molecule has 0 saturated carbocycles. The molecule has 0 saturated heterocycles. The Bertz CT molecular complexity index is 1150. The van der Waals surface area contributed by atoms with Gasteiger partial charge in [0.15, 0.2) is 5.16 Å². The summed E-state index contributed by atoms with van der Waals surface area (Å²) in [7, 11) is 0. The highest BCUT2D eigenvalue weighted by Gasteiger charge is 2.24. The van der Waals surface area contributed by atoms with Crippen molar-refractivity contribution in [2.45, 2.75) is 43.6 Å². The molecule has 2 heterocycles. The van der Waals surface area contributed by atoms with Crippen molar-refractivity contribution in [2.75, 3.05) is 0 Å². The molecule has 150 valence electrons. The van der Waals surface area contributed by atoms with Gasteiger partial charge in [-0.25, -0.2) is 4.98 Å². The molecule has 1 unspecified atom stereocenters. The summed E-state index contributed by atoms with van der Waals surface area (Å²) in [5, 5.41) is 12.3. The lowest BCUT2D eigenvalue weighted by atomic mass is 9.89. The van der Waals surface area contributed by atoms with Crippen molar-refractivity contribution in [3.8, 4) is 0 Å². The second-order valence-electron chi connectivity index (χ2n) is 7.34. The van der Waals surface area contributed by atoms with E-state index in [0.717, 1.165) is 35.0 Å². The number of nitrogens with zero attached hydrogens (tertiary/aromatic N) is 3. The molecule has 0 spiro atoms. The number of rotatable bonds is 6. The van der Waals surface area contributed by atoms with Crippen LogP contribution in [0.1, 0.15) is 29.3 Å². The zero-order chi connectivity index (χ0) is 20.5. The van der Waals surface area contributed by atoms with Gasteiger partial charge in [-0.2, -0.15) is 0 Å². The molecule has 0 fully saturated rings.